The highest BCUT2D eigenvalue weighted by atomic mass is 32.1. The standard InChI is InChI=1S/C22H24N4O3S/c1-28-17-11-16(12-18(13-17)29-2)23-22(27)15-5-3-9-26(14-15)21-8-7-19(24-25-21)20-6-4-10-30-20/h4,6-8,10-13,15H,3,5,9,14H2,1-2H3,(H,23,27). The minimum Gasteiger partial charge on any atom is -0.497 e. The van der Waals surface area contributed by atoms with Crippen LogP contribution in [0.2, 0.25) is 0 Å². The van der Waals surface area contributed by atoms with E-state index in [-0.39, 0.29) is 11.8 Å². The summed E-state index contributed by atoms with van der Waals surface area (Å²) < 4.78 is 10.6. The number of methoxy groups -OCH3 is 2. The van der Waals surface area contributed by atoms with Crippen molar-refractivity contribution in [2.75, 3.05) is 37.5 Å². The molecule has 1 fully saturated rings. The van der Waals surface area contributed by atoms with Crippen LogP contribution in [-0.2, 0) is 4.79 Å². The molecule has 7 nitrogen and oxygen atoms in total. The highest BCUT2D eigenvalue weighted by Gasteiger charge is 2.27. The maximum absolute atomic E-state index is 12.9. The van der Waals surface area contributed by atoms with Crippen LogP contribution in [0.3, 0.4) is 0 Å². The van der Waals surface area contributed by atoms with Crippen LogP contribution in [0.1, 0.15) is 12.8 Å². The van der Waals surface area contributed by atoms with Gasteiger partial charge in [0.15, 0.2) is 5.82 Å². The summed E-state index contributed by atoms with van der Waals surface area (Å²) in [7, 11) is 3.17. The molecule has 3 aromatic rings. The molecule has 1 N–H and O–H groups in total. The summed E-state index contributed by atoms with van der Waals surface area (Å²) in [5.74, 6) is 1.93. The first kappa shape index (κ1) is 20.2. The van der Waals surface area contributed by atoms with Gasteiger partial charge in [-0.3, -0.25) is 4.79 Å². The van der Waals surface area contributed by atoms with Crippen molar-refractivity contribution in [3.8, 4) is 22.1 Å². The Kier molecular flexibility index (Phi) is 6.13. The second-order valence-corrected chi connectivity index (χ2v) is 8.08. The third kappa shape index (κ3) is 4.54. The Morgan fingerprint density at radius 3 is 2.57 bits per heavy atom. The van der Waals surface area contributed by atoms with Gasteiger partial charge in [0.1, 0.15) is 17.2 Å². The smallest absolute Gasteiger partial charge is 0.229 e. The maximum Gasteiger partial charge on any atom is 0.229 e. The summed E-state index contributed by atoms with van der Waals surface area (Å²) in [4.78, 5) is 16.1. The number of carbonyl (C=O) groups excluding carboxylic acids is 1. The number of anilines is 2. The highest BCUT2D eigenvalue weighted by molar-refractivity contribution is 7.13. The van der Waals surface area contributed by atoms with Gasteiger partial charge in [0, 0.05) is 37.0 Å². The van der Waals surface area contributed by atoms with Gasteiger partial charge in [-0.25, -0.2) is 0 Å². The van der Waals surface area contributed by atoms with E-state index in [1.165, 1.54) is 0 Å². The zero-order chi connectivity index (χ0) is 20.9. The van der Waals surface area contributed by atoms with Crippen LogP contribution >= 0.6 is 11.3 Å². The lowest BCUT2D eigenvalue weighted by Gasteiger charge is -2.32. The van der Waals surface area contributed by atoms with E-state index in [0.29, 0.717) is 23.7 Å². The Bertz CT molecular complexity index is 970. The molecule has 1 unspecified atom stereocenters. The molecule has 30 heavy (non-hydrogen) atoms. The number of nitrogens with one attached hydrogen (secondary N) is 1. The molecule has 0 aliphatic carbocycles. The molecule has 1 aliphatic heterocycles. The Labute approximate surface area is 179 Å². The molecule has 0 bridgehead atoms. The van der Waals surface area contributed by atoms with E-state index in [0.717, 1.165) is 35.8 Å². The molecule has 0 radical (unpaired) electrons. The van der Waals surface area contributed by atoms with Gasteiger partial charge in [-0.15, -0.1) is 21.5 Å². The Morgan fingerprint density at radius 2 is 1.93 bits per heavy atom. The molecule has 1 aromatic carbocycles. The number of hydrogen-bond acceptors (Lipinski definition) is 7. The number of amides is 1. The number of ether oxygens (including phenoxy) is 2. The fourth-order valence-electron chi connectivity index (χ4n) is 3.57. The normalized spacial score (nSPS) is 16.2. The topological polar surface area (TPSA) is 76.6 Å². The number of aromatic nitrogens is 2. The van der Waals surface area contributed by atoms with E-state index >= 15 is 0 Å². The van der Waals surface area contributed by atoms with Crippen molar-refractivity contribution in [1.82, 2.24) is 10.2 Å². The van der Waals surface area contributed by atoms with E-state index in [4.69, 9.17) is 9.47 Å². The van der Waals surface area contributed by atoms with Crippen LogP contribution in [-0.4, -0.2) is 43.4 Å². The summed E-state index contributed by atoms with van der Waals surface area (Å²) >= 11 is 1.64. The Morgan fingerprint density at radius 1 is 1.13 bits per heavy atom. The van der Waals surface area contributed by atoms with Crippen molar-refractivity contribution < 1.29 is 14.3 Å². The van der Waals surface area contributed by atoms with Crippen LogP contribution in [0, 0.1) is 5.92 Å². The number of nitrogens with zero attached hydrogens (tertiary/aromatic N) is 3. The number of thiophene rings is 1. The molecule has 1 amide bonds. The predicted molar refractivity (Wildman–Crippen MR) is 118 cm³/mol. The fraction of sp³-hybridized carbons (Fsp3) is 0.318. The second-order valence-electron chi connectivity index (χ2n) is 7.13. The summed E-state index contributed by atoms with van der Waals surface area (Å²) in [5.41, 5.74) is 1.53. The lowest BCUT2D eigenvalue weighted by atomic mass is 9.97. The first-order valence-electron chi connectivity index (χ1n) is 9.83. The fourth-order valence-corrected chi connectivity index (χ4v) is 4.26. The molecule has 156 valence electrons. The Hall–Kier alpha value is -3.13. The molecule has 0 spiro atoms. The molecule has 4 rings (SSSR count). The van der Waals surface area contributed by atoms with Crippen LogP contribution in [0.5, 0.6) is 11.5 Å². The molecular formula is C22H24N4O3S. The SMILES string of the molecule is COc1cc(NC(=O)C2CCCN(c3ccc(-c4cccs4)nn3)C2)cc(OC)c1. The molecule has 1 aliphatic rings. The van der Waals surface area contributed by atoms with Gasteiger partial charge < -0.3 is 19.7 Å². The van der Waals surface area contributed by atoms with Crippen LogP contribution in [0.25, 0.3) is 10.6 Å². The first-order chi connectivity index (χ1) is 14.7. The van der Waals surface area contributed by atoms with E-state index < -0.39 is 0 Å². The van der Waals surface area contributed by atoms with Gasteiger partial charge in [-0.1, -0.05) is 6.07 Å². The van der Waals surface area contributed by atoms with Crippen molar-refractivity contribution in [3.05, 3.63) is 47.8 Å². The van der Waals surface area contributed by atoms with Crippen molar-refractivity contribution in [2.24, 2.45) is 5.92 Å². The summed E-state index contributed by atoms with van der Waals surface area (Å²) in [5, 5.41) is 13.8. The summed E-state index contributed by atoms with van der Waals surface area (Å²) in [6.07, 6.45) is 1.76. The Balaban J connectivity index is 1.43. The minimum absolute atomic E-state index is 0.0156. The third-order valence-electron chi connectivity index (χ3n) is 5.16. The van der Waals surface area contributed by atoms with Gasteiger partial charge >= 0.3 is 0 Å². The van der Waals surface area contributed by atoms with Crippen molar-refractivity contribution in [2.45, 2.75) is 12.8 Å². The molecule has 3 heterocycles. The third-order valence-corrected chi connectivity index (χ3v) is 6.05. The number of rotatable bonds is 6. The maximum atomic E-state index is 12.9. The molecule has 1 saturated heterocycles. The van der Waals surface area contributed by atoms with E-state index in [2.05, 4.69) is 20.4 Å². The van der Waals surface area contributed by atoms with Gasteiger partial charge in [0.05, 0.1) is 25.0 Å². The predicted octanol–water partition coefficient (Wildman–Crippen LogP) is 4.08. The van der Waals surface area contributed by atoms with E-state index in [1.807, 2.05) is 29.6 Å². The van der Waals surface area contributed by atoms with Crippen molar-refractivity contribution in [3.63, 3.8) is 0 Å². The van der Waals surface area contributed by atoms with Gasteiger partial charge in [-0.2, -0.15) is 0 Å². The largest absolute Gasteiger partial charge is 0.497 e. The van der Waals surface area contributed by atoms with Crippen LogP contribution in [0.15, 0.2) is 47.8 Å². The number of piperidine rings is 1. The lowest BCUT2D eigenvalue weighted by Crippen LogP contribution is -2.41. The second kappa shape index (κ2) is 9.13. The molecule has 8 heteroatoms. The van der Waals surface area contributed by atoms with Gasteiger partial charge in [0.25, 0.3) is 0 Å². The van der Waals surface area contributed by atoms with Crippen molar-refractivity contribution in [1.29, 1.82) is 0 Å². The van der Waals surface area contributed by atoms with Crippen molar-refractivity contribution >= 4 is 28.7 Å². The quantitative estimate of drug-likeness (QED) is 0.643. The van der Waals surface area contributed by atoms with Crippen LogP contribution in [0.4, 0.5) is 11.5 Å². The van der Waals surface area contributed by atoms with Gasteiger partial charge in [-0.05, 0) is 36.4 Å². The molecular weight excluding hydrogens is 400 g/mol. The molecule has 1 atom stereocenters. The average molecular weight is 425 g/mol. The zero-order valence-electron chi connectivity index (χ0n) is 17.0. The molecule has 2 aromatic heterocycles. The average Bonchev–Trinajstić information content (AvgIpc) is 3.34. The summed E-state index contributed by atoms with van der Waals surface area (Å²) in [6, 6.07) is 13.3. The van der Waals surface area contributed by atoms with E-state index in [9.17, 15) is 4.79 Å². The summed E-state index contributed by atoms with van der Waals surface area (Å²) in [6.45, 7) is 1.48. The van der Waals surface area contributed by atoms with E-state index in [1.54, 1.807) is 43.8 Å². The van der Waals surface area contributed by atoms with Crippen LogP contribution < -0.4 is 19.7 Å². The zero-order valence-corrected chi connectivity index (χ0v) is 17.8. The molecule has 0 saturated carbocycles. The monoisotopic (exact) mass is 424 g/mol. The first-order valence-corrected chi connectivity index (χ1v) is 10.7. The number of carbonyl (C=O) groups is 1. The highest BCUT2D eigenvalue weighted by Crippen LogP contribution is 2.28. The lowest BCUT2D eigenvalue weighted by molar-refractivity contribution is -0.120. The number of hydrogen-bond donors (Lipinski definition) is 1. The number of benzene rings is 1. The minimum atomic E-state index is -0.130. The van der Waals surface area contributed by atoms with Gasteiger partial charge in [0.2, 0.25) is 5.91 Å².